The summed E-state index contributed by atoms with van der Waals surface area (Å²) >= 11 is 0. The van der Waals surface area contributed by atoms with Crippen molar-refractivity contribution < 1.29 is 0 Å². The second-order valence-electron chi connectivity index (χ2n) is 5.86. The fourth-order valence-electron chi connectivity index (χ4n) is 3.03. The van der Waals surface area contributed by atoms with E-state index in [-0.39, 0.29) is 0 Å². The van der Waals surface area contributed by atoms with E-state index in [2.05, 4.69) is 35.2 Å². The normalized spacial score (nSPS) is 20.1. The van der Waals surface area contributed by atoms with Crippen molar-refractivity contribution in [1.82, 2.24) is 0 Å². The van der Waals surface area contributed by atoms with Gasteiger partial charge in [0.05, 0.1) is 0 Å². The monoisotopic (exact) mass is 259 g/mol. The molecule has 0 aliphatic carbocycles. The van der Waals surface area contributed by atoms with Gasteiger partial charge in [-0.3, -0.25) is 0 Å². The summed E-state index contributed by atoms with van der Waals surface area (Å²) < 4.78 is 0. The zero-order chi connectivity index (χ0) is 13.2. The Bertz CT molecular complexity index is 306. The van der Waals surface area contributed by atoms with Crippen LogP contribution in [0.15, 0.2) is 30.3 Å². The highest BCUT2D eigenvalue weighted by molar-refractivity contribution is 5.45. The van der Waals surface area contributed by atoms with Crippen LogP contribution in [0.1, 0.15) is 64.2 Å². The summed E-state index contributed by atoms with van der Waals surface area (Å²) in [6.07, 6.45) is 14.2. The minimum Gasteiger partial charge on any atom is -0.372 e. The lowest BCUT2D eigenvalue weighted by Crippen LogP contribution is -2.25. The van der Waals surface area contributed by atoms with E-state index in [0.717, 1.165) is 0 Å². The molecule has 0 spiro atoms. The van der Waals surface area contributed by atoms with Crippen molar-refractivity contribution in [1.29, 1.82) is 0 Å². The van der Waals surface area contributed by atoms with Gasteiger partial charge in [-0.25, -0.2) is 0 Å². The highest BCUT2D eigenvalue weighted by Gasteiger charge is 2.06. The number of nitrogens with zero attached hydrogens (tertiary/aromatic N) is 1. The van der Waals surface area contributed by atoms with Crippen LogP contribution in [-0.2, 0) is 0 Å². The van der Waals surface area contributed by atoms with Crippen LogP contribution in [0.2, 0.25) is 0 Å². The maximum absolute atomic E-state index is 2.60. The third-order valence-corrected chi connectivity index (χ3v) is 4.23. The van der Waals surface area contributed by atoms with Gasteiger partial charge >= 0.3 is 0 Å². The first-order valence-electron chi connectivity index (χ1n) is 8.27. The number of hydrogen-bond donors (Lipinski definition) is 0. The summed E-state index contributed by atoms with van der Waals surface area (Å²) in [6.45, 7) is 2.48. The quantitative estimate of drug-likeness (QED) is 0.652. The Morgan fingerprint density at radius 3 is 1.42 bits per heavy atom. The molecule has 1 aliphatic rings. The molecule has 1 aromatic carbocycles. The average Bonchev–Trinajstić information content (AvgIpc) is 2.49. The van der Waals surface area contributed by atoms with Gasteiger partial charge < -0.3 is 4.90 Å². The molecule has 0 amide bonds. The highest BCUT2D eigenvalue weighted by atomic mass is 15.1. The highest BCUT2D eigenvalue weighted by Crippen LogP contribution is 2.18. The number of hydrogen-bond acceptors (Lipinski definition) is 1. The molecule has 1 heterocycles. The van der Waals surface area contributed by atoms with E-state index in [9.17, 15) is 0 Å². The van der Waals surface area contributed by atoms with E-state index < -0.39 is 0 Å². The summed E-state index contributed by atoms with van der Waals surface area (Å²) in [4.78, 5) is 2.60. The molecule has 1 saturated heterocycles. The minimum atomic E-state index is 1.24. The molecule has 0 bridgehead atoms. The summed E-state index contributed by atoms with van der Waals surface area (Å²) in [5.74, 6) is 0. The second-order valence-corrected chi connectivity index (χ2v) is 5.86. The van der Waals surface area contributed by atoms with Gasteiger partial charge in [0.25, 0.3) is 0 Å². The van der Waals surface area contributed by atoms with Crippen LogP contribution in [0.5, 0.6) is 0 Å². The Labute approximate surface area is 119 Å². The largest absolute Gasteiger partial charge is 0.372 e. The molecule has 1 aliphatic heterocycles. The van der Waals surface area contributed by atoms with Crippen molar-refractivity contribution in [2.45, 2.75) is 64.2 Å². The Morgan fingerprint density at radius 1 is 0.526 bits per heavy atom. The third-order valence-electron chi connectivity index (χ3n) is 4.23. The van der Waals surface area contributed by atoms with Crippen molar-refractivity contribution in [3.8, 4) is 0 Å². The van der Waals surface area contributed by atoms with Gasteiger partial charge in [0.1, 0.15) is 0 Å². The van der Waals surface area contributed by atoms with Crippen LogP contribution in [0.4, 0.5) is 5.69 Å². The van der Waals surface area contributed by atoms with Crippen LogP contribution in [0.3, 0.4) is 0 Å². The summed E-state index contributed by atoms with van der Waals surface area (Å²) in [5, 5.41) is 0. The fourth-order valence-corrected chi connectivity index (χ4v) is 3.03. The first-order chi connectivity index (χ1) is 9.47. The van der Waals surface area contributed by atoms with Crippen molar-refractivity contribution >= 4 is 5.69 Å². The van der Waals surface area contributed by atoms with Gasteiger partial charge in [-0.2, -0.15) is 0 Å². The Hall–Kier alpha value is -0.980. The predicted molar refractivity (Wildman–Crippen MR) is 84.8 cm³/mol. The third kappa shape index (κ3) is 5.67. The molecule has 0 saturated carbocycles. The van der Waals surface area contributed by atoms with Crippen LogP contribution in [-0.4, -0.2) is 13.1 Å². The van der Waals surface area contributed by atoms with E-state index >= 15 is 0 Å². The summed E-state index contributed by atoms with van der Waals surface area (Å²) in [7, 11) is 0. The van der Waals surface area contributed by atoms with Crippen LogP contribution in [0.25, 0.3) is 0 Å². The van der Waals surface area contributed by atoms with Crippen molar-refractivity contribution in [3.05, 3.63) is 30.3 Å². The van der Waals surface area contributed by atoms with Crippen molar-refractivity contribution in [3.63, 3.8) is 0 Å². The zero-order valence-electron chi connectivity index (χ0n) is 12.3. The second kappa shape index (κ2) is 9.01. The average molecular weight is 259 g/mol. The van der Waals surface area contributed by atoms with Gasteiger partial charge in [0.15, 0.2) is 0 Å². The van der Waals surface area contributed by atoms with E-state index in [1.165, 1.54) is 83.0 Å². The molecule has 0 radical (unpaired) electrons. The molecular formula is C18H29N. The lowest BCUT2D eigenvalue weighted by atomic mass is 10.1. The van der Waals surface area contributed by atoms with Crippen LogP contribution >= 0.6 is 0 Å². The maximum Gasteiger partial charge on any atom is 0.0366 e. The molecule has 106 valence electrons. The lowest BCUT2D eigenvalue weighted by molar-refractivity contribution is 0.566. The molecule has 0 atom stereocenters. The van der Waals surface area contributed by atoms with E-state index in [4.69, 9.17) is 0 Å². The van der Waals surface area contributed by atoms with E-state index in [0.29, 0.717) is 0 Å². The molecule has 1 nitrogen and oxygen atoms in total. The standard InChI is InChI=1S/C18H29N/c1-2-4-6-8-13-17-19(16-12-7-5-3-1)18-14-10-9-11-15-18/h9-11,14-15H,1-8,12-13,16-17H2. The van der Waals surface area contributed by atoms with Gasteiger partial charge in [-0.05, 0) is 25.0 Å². The number of anilines is 1. The molecule has 0 N–H and O–H groups in total. The molecule has 0 unspecified atom stereocenters. The first-order valence-corrected chi connectivity index (χ1v) is 8.27. The molecule has 1 fully saturated rings. The van der Waals surface area contributed by atoms with Crippen molar-refractivity contribution in [2.24, 2.45) is 0 Å². The van der Waals surface area contributed by atoms with E-state index in [1.807, 2.05) is 0 Å². The number of benzene rings is 1. The summed E-state index contributed by atoms with van der Waals surface area (Å²) in [6, 6.07) is 11.0. The molecule has 0 aromatic heterocycles. The van der Waals surface area contributed by atoms with Gasteiger partial charge in [-0.15, -0.1) is 0 Å². The van der Waals surface area contributed by atoms with Crippen LogP contribution < -0.4 is 4.90 Å². The zero-order valence-corrected chi connectivity index (χ0v) is 12.3. The number of para-hydroxylation sites is 1. The molecule has 2 rings (SSSR count). The van der Waals surface area contributed by atoms with Crippen molar-refractivity contribution in [2.75, 3.05) is 18.0 Å². The maximum atomic E-state index is 2.60. The lowest BCUT2D eigenvalue weighted by Gasteiger charge is -2.25. The SMILES string of the molecule is c1ccc(N2CCCCCCCCCCCC2)cc1. The Balaban J connectivity index is 1.87. The summed E-state index contributed by atoms with van der Waals surface area (Å²) in [5.41, 5.74) is 1.41. The Morgan fingerprint density at radius 2 is 0.947 bits per heavy atom. The van der Waals surface area contributed by atoms with E-state index in [1.54, 1.807) is 0 Å². The first kappa shape index (κ1) is 14.4. The number of rotatable bonds is 1. The van der Waals surface area contributed by atoms with Gasteiger partial charge in [0.2, 0.25) is 0 Å². The Kier molecular flexibility index (Phi) is 6.84. The van der Waals surface area contributed by atoms with Gasteiger partial charge in [-0.1, -0.05) is 69.6 Å². The molecule has 19 heavy (non-hydrogen) atoms. The van der Waals surface area contributed by atoms with Gasteiger partial charge in [0, 0.05) is 18.8 Å². The molecular weight excluding hydrogens is 230 g/mol. The smallest absolute Gasteiger partial charge is 0.0366 e. The minimum absolute atomic E-state index is 1.24. The topological polar surface area (TPSA) is 3.24 Å². The predicted octanol–water partition coefficient (Wildman–Crippen LogP) is 5.41. The molecule has 1 aromatic rings. The molecule has 1 heteroatoms. The van der Waals surface area contributed by atoms with Crippen LogP contribution in [0, 0.1) is 0 Å². The fraction of sp³-hybridized carbons (Fsp3) is 0.667.